The predicted octanol–water partition coefficient (Wildman–Crippen LogP) is 3.76. The molecule has 0 amide bonds. The zero-order chi connectivity index (χ0) is 16.1. The van der Waals surface area contributed by atoms with Gasteiger partial charge in [0.25, 0.3) is 0 Å². The minimum absolute atomic E-state index is 0.201. The van der Waals surface area contributed by atoms with Crippen LogP contribution in [0.15, 0.2) is 24.4 Å². The number of hydrogen-bond acceptors (Lipinski definition) is 3. The normalized spacial score (nSPS) is 11.5. The van der Waals surface area contributed by atoms with E-state index in [9.17, 15) is 4.79 Å². The second kappa shape index (κ2) is 7.45. The van der Waals surface area contributed by atoms with Crippen molar-refractivity contribution in [1.82, 2.24) is 9.88 Å². The van der Waals surface area contributed by atoms with E-state index in [1.807, 2.05) is 18.2 Å². The van der Waals surface area contributed by atoms with Crippen molar-refractivity contribution in [2.45, 2.75) is 46.6 Å². The van der Waals surface area contributed by atoms with Gasteiger partial charge in [0.05, 0.1) is 0 Å². The van der Waals surface area contributed by atoms with E-state index in [0.717, 1.165) is 30.4 Å². The second-order valence-corrected chi connectivity index (χ2v) is 5.82. The van der Waals surface area contributed by atoms with Crippen LogP contribution < -0.4 is 4.74 Å². The molecule has 0 unspecified atom stereocenters. The van der Waals surface area contributed by atoms with E-state index >= 15 is 0 Å². The van der Waals surface area contributed by atoms with Crippen molar-refractivity contribution < 1.29 is 9.53 Å². The van der Waals surface area contributed by atoms with Gasteiger partial charge in [0, 0.05) is 36.1 Å². The van der Waals surface area contributed by atoms with Gasteiger partial charge in [0.15, 0.2) is 0 Å². The highest BCUT2D eigenvalue weighted by molar-refractivity contribution is 5.85. The van der Waals surface area contributed by atoms with Crippen molar-refractivity contribution in [2.24, 2.45) is 0 Å². The van der Waals surface area contributed by atoms with Crippen LogP contribution in [-0.2, 0) is 11.2 Å². The molecule has 0 saturated carbocycles. The lowest BCUT2D eigenvalue weighted by Gasteiger charge is -2.24. The molecule has 0 aliphatic heterocycles. The Morgan fingerprint density at radius 1 is 1.32 bits per heavy atom. The van der Waals surface area contributed by atoms with Crippen molar-refractivity contribution >= 4 is 16.9 Å². The Bertz CT molecular complexity index is 631. The van der Waals surface area contributed by atoms with Crippen LogP contribution in [0.5, 0.6) is 5.75 Å². The van der Waals surface area contributed by atoms with E-state index in [2.05, 4.69) is 36.9 Å². The molecule has 0 spiro atoms. The van der Waals surface area contributed by atoms with E-state index in [-0.39, 0.29) is 5.97 Å². The van der Waals surface area contributed by atoms with Crippen LogP contribution >= 0.6 is 0 Å². The molecular formula is C18H26N2O2. The SMILES string of the molecule is CCC(=O)Oc1ccc2[nH]cc(CCN(CC)C(C)C)c2c1. The Morgan fingerprint density at radius 2 is 2.09 bits per heavy atom. The minimum Gasteiger partial charge on any atom is -0.427 e. The van der Waals surface area contributed by atoms with Gasteiger partial charge in [0.2, 0.25) is 0 Å². The molecule has 4 nitrogen and oxygen atoms in total. The molecule has 1 N–H and O–H groups in total. The number of carbonyl (C=O) groups is 1. The predicted molar refractivity (Wildman–Crippen MR) is 90.3 cm³/mol. The summed E-state index contributed by atoms with van der Waals surface area (Å²) in [6.07, 6.45) is 3.43. The summed E-state index contributed by atoms with van der Waals surface area (Å²) in [6, 6.07) is 6.32. The molecule has 0 aliphatic carbocycles. The summed E-state index contributed by atoms with van der Waals surface area (Å²) in [5.74, 6) is 0.421. The molecule has 0 saturated heterocycles. The van der Waals surface area contributed by atoms with Gasteiger partial charge < -0.3 is 14.6 Å². The molecule has 1 aromatic heterocycles. The standard InChI is InChI=1S/C18H26N2O2/c1-5-18(21)22-15-7-8-17-16(11-15)14(12-19-17)9-10-20(6-2)13(3)4/h7-8,11-13,19H,5-6,9-10H2,1-4H3. The molecule has 2 rings (SSSR count). The molecule has 1 aromatic carbocycles. The molecule has 120 valence electrons. The molecule has 0 aliphatic rings. The van der Waals surface area contributed by atoms with Crippen molar-refractivity contribution in [3.8, 4) is 5.75 Å². The average molecular weight is 302 g/mol. The number of H-pyrrole nitrogens is 1. The smallest absolute Gasteiger partial charge is 0.310 e. The summed E-state index contributed by atoms with van der Waals surface area (Å²) < 4.78 is 5.32. The van der Waals surface area contributed by atoms with Crippen molar-refractivity contribution in [2.75, 3.05) is 13.1 Å². The number of aromatic nitrogens is 1. The quantitative estimate of drug-likeness (QED) is 0.626. The second-order valence-electron chi connectivity index (χ2n) is 5.82. The van der Waals surface area contributed by atoms with Gasteiger partial charge in [0.1, 0.15) is 5.75 Å². The number of aromatic amines is 1. The van der Waals surface area contributed by atoms with Crippen LogP contribution in [0.3, 0.4) is 0 Å². The van der Waals surface area contributed by atoms with Gasteiger partial charge in [-0.1, -0.05) is 13.8 Å². The highest BCUT2D eigenvalue weighted by Crippen LogP contribution is 2.24. The van der Waals surface area contributed by atoms with Gasteiger partial charge in [-0.2, -0.15) is 0 Å². The third-order valence-corrected chi connectivity index (χ3v) is 4.06. The Balaban J connectivity index is 2.16. The highest BCUT2D eigenvalue weighted by atomic mass is 16.5. The fourth-order valence-corrected chi connectivity index (χ4v) is 2.68. The molecule has 0 bridgehead atoms. The topological polar surface area (TPSA) is 45.3 Å². The van der Waals surface area contributed by atoms with Crippen LogP contribution in [-0.4, -0.2) is 35.0 Å². The average Bonchev–Trinajstić information content (AvgIpc) is 2.90. The summed E-state index contributed by atoms with van der Waals surface area (Å²) >= 11 is 0. The zero-order valence-corrected chi connectivity index (χ0v) is 14.0. The lowest BCUT2D eigenvalue weighted by Crippen LogP contribution is -2.32. The van der Waals surface area contributed by atoms with E-state index in [1.165, 1.54) is 5.56 Å². The first-order chi connectivity index (χ1) is 10.5. The Morgan fingerprint density at radius 3 is 2.73 bits per heavy atom. The lowest BCUT2D eigenvalue weighted by molar-refractivity contribution is -0.134. The van der Waals surface area contributed by atoms with Crippen LogP contribution in [0.25, 0.3) is 10.9 Å². The number of esters is 1. The number of fused-ring (bicyclic) bond motifs is 1. The number of nitrogens with zero attached hydrogens (tertiary/aromatic N) is 1. The van der Waals surface area contributed by atoms with Crippen LogP contribution in [0.1, 0.15) is 39.7 Å². The van der Waals surface area contributed by atoms with E-state index in [4.69, 9.17) is 4.74 Å². The summed E-state index contributed by atoms with van der Waals surface area (Å²) in [4.78, 5) is 17.2. The monoisotopic (exact) mass is 302 g/mol. The summed E-state index contributed by atoms with van der Waals surface area (Å²) in [7, 11) is 0. The number of ether oxygens (including phenoxy) is 1. The minimum atomic E-state index is -0.201. The summed E-state index contributed by atoms with van der Waals surface area (Å²) in [6.45, 7) is 10.5. The van der Waals surface area contributed by atoms with E-state index < -0.39 is 0 Å². The van der Waals surface area contributed by atoms with Gasteiger partial charge in [-0.25, -0.2) is 0 Å². The first-order valence-corrected chi connectivity index (χ1v) is 8.09. The highest BCUT2D eigenvalue weighted by Gasteiger charge is 2.11. The number of likely N-dealkylation sites (N-methyl/N-ethyl adjacent to an activating group) is 1. The largest absolute Gasteiger partial charge is 0.427 e. The number of carbonyl (C=O) groups excluding carboxylic acids is 1. The maximum atomic E-state index is 11.4. The van der Waals surface area contributed by atoms with Gasteiger partial charge in [-0.3, -0.25) is 4.79 Å². The molecule has 22 heavy (non-hydrogen) atoms. The van der Waals surface area contributed by atoms with Crippen LogP contribution in [0, 0.1) is 0 Å². The maximum Gasteiger partial charge on any atom is 0.310 e. The third kappa shape index (κ3) is 3.89. The first kappa shape index (κ1) is 16.6. The number of hydrogen-bond donors (Lipinski definition) is 1. The van der Waals surface area contributed by atoms with Crippen molar-refractivity contribution in [1.29, 1.82) is 0 Å². The van der Waals surface area contributed by atoms with Gasteiger partial charge >= 0.3 is 5.97 Å². The number of benzene rings is 1. The fraction of sp³-hybridized carbons (Fsp3) is 0.500. The van der Waals surface area contributed by atoms with Gasteiger partial charge in [-0.05, 0) is 50.6 Å². The zero-order valence-electron chi connectivity index (χ0n) is 14.0. The summed E-state index contributed by atoms with van der Waals surface area (Å²) in [5.41, 5.74) is 2.35. The van der Waals surface area contributed by atoms with Gasteiger partial charge in [-0.15, -0.1) is 0 Å². The first-order valence-electron chi connectivity index (χ1n) is 8.09. The van der Waals surface area contributed by atoms with E-state index in [1.54, 1.807) is 6.92 Å². The van der Waals surface area contributed by atoms with E-state index in [0.29, 0.717) is 18.2 Å². The number of rotatable bonds is 7. The molecule has 0 atom stereocenters. The van der Waals surface area contributed by atoms with Crippen LogP contribution in [0.4, 0.5) is 0 Å². The Labute approximate surface area is 132 Å². The molecule has 4 heteroatoms. The molecular weight excluding hydrogens is 276 g/mol. The Hall–Kier alpha value is -1.81. The molecule has 2 aromatic rings. The van der Waals surface area contributed by atoms with Crippen LogP contribution in [0.2, 0.25) is 0 Å². The third-order valence-electron chi connectivity index (χ3n) is 4.06. The summed E-state index contributed by atoms with van der Waals surface area (Å²) in [5, 5.41) is 1.14. The molecule has 0 fully saturated rings. The fourth-order valence-electron chi connectivity index (χ4n) is 2.68. The maximum absolute atomic E-state index is 11.4. The molecule has 1 heterocycles. The van der Waals surface area contributed by atoms with Crippen molar-refractivity contribution in [3.63, 3.8) is 0 Å². The lowest BCUT2D eigenvalue weighted by atomic mass is 10.1. The van der Waals surface area contributed by atoms with Crippen molar-refractivity contribution in [3.05, 3.63) is 30.0 Å². The number of nitrogens with one attached hydrogen (secondary N) is 1. The Kier molecular flexibility index (Phi) is 5.61. The molecule has 0 radical (unpaired) electrons.